The highest BCUT2D eigenvalue weighted by Crippen LogP contribution is 2.60. The highest BCUT2D eigenvalue weighted by molar-refractivity contribution is 9.15. The lowest BCUT2D eigenvalue weighted by Crippen LogP contribution is -1.96. The van der Waals surface area contributed by atoms with Crippen molar-refractivity contribution in [2.24, 2.45) is 17.3 Å². The lowest BCUT2D eigenvalue weighted by Gasteiger charge is -2.01. The fraction of sp³-hybridized carbons (Fsp3) is 0.357. The summed E-state index contributed by atoms with van der Waals surface area (Å²) in [7, 11) is 0. The molecule has 0 amide bonds. The molecule has 1 fully saturated rings. The van der Waals surface area contributed by atoms with Crippen molar-refractivity contribution in [3.63, 3.8) is 0 Å². The molecule has 1 aromatic carbocycles. The maximum Gasteiger partial charge on any atom is 0.225 e. The highest BCUT2D eigenvalue weighted by Gasteiger charge is 2.59. The number of rotatable bonds is 3. The summed E-state index contributed by atoms with van der Waals surface area (Å²) in [6.45, 7) is 4.11. The van der Waals surface area contributed by atoms with Crippen molar-refractivity contribution in [3.05, 3.63) is 40.9 Å². The molecule has 0 heterocycles. The van der Waals surface area contributed by atoms with E-state index in [0.29, 0.717) is 5.02 Å². The third kappa shape index (κ3) is 2.66. The average molecular weight is 348 g/mol. The van der Waals surface area contributed by atoms with Gasteiger partial charge in [-0.25, -0.2) is 0 Å². The second-order valence-corrected chi connectivity index (χ2v) is 6.81. The molecule has 1 nitrogen and oxygen atoms in total. The van der Waals surface area contributed by atoms with Crippen molar-refractivity contribution in [1.82, 2.24) is 0 Å². The first kappa shape index (κ1) is 14.1. The third-order valence-corrected chi connectivity index (χ3v) is 4.81. The zero-order chi connectivity index (χ0) is 13.5. The van der Waals surface area contributed by atoms with Crippen LogP contribution in [0.5, 0.6) is 0 Å². The van der Waals surface area contributed by atoms with E-state index in [9.17, 15) is 4.79 Å². The number of benzene rings is 1. The average Bonchev–Trinajstić information content (AvgIpc) is 2.81. The second-order valence-electron chi connectivity index (χ2n) is 5.15. The number of carbonyl (C=O) groups is 1. The molecule has 0 bridgehead atoms. The maximum absolute atomic E-state index is 11.3. The monoisotopic (exact) mass is 346 g/mol. The minimum absolute atomic E-state index is 0.0513. The van der Waals surface area contributed by atoms with Gasteiger partial charge >= 0.3 is 0 Å². The molecule has 96 valence electrons. The van der Waals surface area contributed by atoms with Gasteiger partial charge in [0.05, 0.1) is 0 Å². The zero-order valence-corrected chi connectivity index (χ0v) is 13.2. The normalized spacial score (nSPS) is 25.9. The minimum atomic E-state index is -0.252. The van der Waals surface area contributed by atoms with Crippen molar-refractivity contribution in [3.8, 4) is 0 Å². The first-order valence-corrected chi connectivity index (χ1v) is 7.21. The van der Waals surface area contributed by atoms with Gasteiger partial charge in [0.15, 0.2) is 0 Å². The Labute approximate surface area is 125 Å². The van der Waals surface area contributed by atoms with Crippen LogP contribution in [-0.2, 0) is 4.79 Å². The largest absolute Gasteiger partial charge is 0.281 e. The Kier molecular flexibility index (Phi) is 3.91. The molecule has 0 N–H and O–H groups in total. The van der Waals surface area contributed by atoms with E-state index in [1.165, 1.54) is 0 Å². The second kappa shape index (κ2) is 4.99. The van der Waals surface area contributed by atoms with E-state index in [4.69, 9.17) is 23.2 Å². The van der Waals surface area contributed by atoms with Crippen LogP contribution in [0.15, 0.2) is 30.3 Å². The van der Waals surface area contributed by atoms with Crippen molar-refractivity contribution in [2.75, 3.05) is 0 Å². The predicted octanol–water partition coefficient (Wildman–Crippen LogP) is 5.11. The Morgan fingerprint density at radius 3 is 2.33 bits per heavy atom. The first-order valence-electron chi connectivity index (χ1n) is 5.66. The van der Waals surface area contributed by atoms with Gasteiger partial charge in [0.25, 0.3) is 0 Å². The van der Waals surface area contributed by atoms with Crippen LogP contribution in [0, 0.1) is 17.3 Å². The van der Waals surface area contributed by atoms with Gasteiger partial charge in [-0.3, -0.25) is 4.79 Å². The Hall–Kier alpha value is -0.310. The molecule has 1 aliphatic rings. The lowest BCUT2D eigenvalue weighted by atomic mass is 10.1. The summed E-state index contributed by atoms with van der Waals surface area (Å²) in [5.41, 5.74) is 0.993. The van der Waals surface area contributed by atoms with E-state index in [-0.39, 0.29) is 22.5 Å². The highest BCUT2D eigenvalue weighted by atomic mass is 79.9. The fourth-order valence-electron chi connectivity index (χ4n) is 2.29. The molecule has 0 aromatic heterocycles. The quantitative estimate of drug-likeness (QED) is 0.694. The minimum Gasteiger partial charge on any atom is -0.281 e. The van der Waals surface area contributed by atoms with Crippen LogP contribution < -0.4 is 0 Å². The predicted molar refractivity (Wildman–Crippen MR) is 80.0 cm³/mol. The maximum atomic E-state index is 11.3. The van der Waals surface area contributed by atoms with Crippen molar-refractivity contribution >= 4 is 48.9 Å². The van der Waals surface area contributed by atoms with Gasteiger partial charge in [-0.2, -0.15) is 0 Å². The molecule has 2 unspecified atom stereocenters. The van der Waals surface area contributed by atoms with E-state index in [1.54, 1.807) is 0 Å². The molecule has 0 spiro atoms. The summed E-state index contributed by atoms with van der Waals surface area (Å²) in [4.78, 5) is 11.3. The first-order chi connectivity index (χ1) is 8.34. The molecule has 0 radical (unpaired) electrons. The van der Waals surface area contributed by atoms with Crippen LogP contribution in [0.2, 0.25) is 5.02 Å². The van der Waals surface area contributed by atoms with E-state index in [0.717, 1.165) is 10.0 Å². The molecule has 1 aromatic rings. The van der Waals surface area contributed by atoms with Gasteiger partial charge in [-0.15, -0.1) is 0 Å². The van der Waals surface area contributed by atoms with Gasteiger partial charge in [-0.1, -0.05) is 59.6 Å². The molecule has 2 atom stereocenters. The molecule has 1 saturated carbocycles. The molecular formula is C14H13BrCl2O. The smallest absolute Gasteiger partial charge is 0.225 e. The van der Waals surface area contributed by atoms with Gasteiger partial charge in [0, 0.05) is 15.4 Å². The molecule has 4 heteroatoms. The van der Waals surface area contributed by atoms with E-state index >= 15 is 0 Å². The molecule has 18 heavy (non-hydrogen) atoms. The number of allylic oxidation sites excluding steroid dienone is 1. The topological polar surface area (TPSA) is 17.1 Å². The number of carbonyl (C=O) groups excluding carboxylic acids is 1. The summed E-state index contributed by atoms with van der Waals surface area (Å²) in [5.74, 6) is 0.103. The van der Waals surface area contributed by atoms with Crippen LogP contribution in [0.3, 0.4) is 0 Å². The summed E-state index contributed by atoms with van der Waals surface area (Å²) >= 11 is 15.0. The Balaban J connectivity index is 2.20. The summed E-state index contributed by atoms with van der Waals surface area (Å²) in [6.07, 6.45) is 2.06. The van der Waals surface area contributed by atoms with Crippen LogP contribution >= 0.6 is 39.1 Å². The Bertz CT molecular complexity index is 505. The molecule has 2 rings (SSSR count). The zero-order valence-electron chi connectivity index (χ0n) is 10.1. The van der Waals surface area contributed by atoms with Crippen LogP contribution in [0.4, 0.5) is 0 Å². The van der Waals surface area contributed by atoms with Crippen molar-refractivity contribution in [1.29, 1.82) is 0 Å². The lowest BCUT2D eigenvalue weighted by molar-refractivity contribution is -0.113. The summed E-state index contributed by atoms with van der Waals surface area (Å²) in [6, 6.07) is 7.56. The number of halogens is 3. The van der Waals surface area contributed by atoms with Crippen LogP contribution in [0.1, 0.15) is 19.4 Å². The number of hydrogen-bond acceptors (Lipinski definition) is 1. The Morgan fingerprint density at radius 1 is 1.33 bits per heavy atom. The standard InChI is InChI=1S/C14H13BrCl2O/c1-14(2)10(12(14)13(17)18)7-11(15)8-3-5-9(16)6-4-8/h3-7,10,12H,1-2H3. The van der Waals surface area contributed by atoms with Crippen LogP contribution in [-0.4, -0.2) is 5.24 Å². The summed E-state index contributed by atoms with van der Waals surface area (Å²) in [5, 5.41) is 0.456. The van der Waals surface area contributed by atoms with Gasteiger partial charge in [0.1, 0.15) is 0 Å². The molecule has 1 aliphatic carbocycles. The van der Waals surface area contributed by atoms with Crippen molar-refractivity contribution < 1.29 is 4.79 Å². The molecular weight excluding hydrogens is 335 g/mol. The van der Waals surface area contributed by atoms with Crippen molar-refractivity contribution in [2.45, 2.75) is 13.8 Å². The fourth-order valence-corrected chi connectivity index (χ4v) is 3.38. The SMILES string of the molecule is CC1(C)C(C=C(Br)c2ccc(Cl)cc2)C1C(=O)Cl. The molecule has 0 aliphatic heterocycles. The van der Waals surface area contributed by atoms with Crippen LogP contribution in [0.25, 0.3) is 4.48 Å². The van der Waals surface area contributed by atoms with Gasteiger partial charge in [0.2, 0.25) is 5.24 Å². The number of hydrogen-bond donors (Lipinski definition) is 0. The van der Waals surface area contributed by atoms with Gasteiger partial charge in [-0.05, 0) is 40.6 Å². The van der Waals surface area contributed by atoms with E-state index in [2.05, 4.69) is 35.9 Å². The summed E-state index contributed by atoms with van der Waals surface area (Å²) < 4.78 is 0.970. The third-order valence-electron chi connectivity index (χ3n) is 3.60. The van der Waals surface area contributed by atoms with Gasteiger partial charge < -0.3 is 0 Å². The Morgan fingerprint density at radius 2 is 1.89 bits per heavy atom. The van der Waals surface area contributed by atoms with E-state index in [1.807, 2.05) is 24.3 Å². The molecule has 0 saturated heterocycles. The van der Waals surface area contributed by atoms with E-state index < -0.39 is 0 Å².